The smallest absolute Gasteiger partial charge is 0.416 e. The molecule has 0 saturated carbocycles. The number of halogens is 3. The summed E-state index contributed by atoms with van der Waals surface area (Å²) in [6.07, 6.45) is -2.99. The molecule has 0 amide bonds. The molecule has 80 valence electrons. The highest BCUT2D eigenvalue weighted by molar-refractivity contribution is 5.28. The first-order chi connectivity index (χ1) is 7.04. The number of nitriles is 1. The lowest BCUT2D eigenvalue weighted by atomic mass is 10.2. The van der Waals surface area contributed by atoms with E-state index in [0.717, 1.165) is 24.3 Å². The number of hydrogen-bond donors (Lipinski definition) is 0. The number of benzene rings is 1. The molecule has 0 aliphatic carbocycles. The standard InChI is InChI=1S/C9H6F3NO2/c10-9(11,12)7-1-3-8(4-2-7)15-6-14-5-13/h1-4H,6H2. The van der Waals surface area contributed by atoms with Gasteiger partial charge in [-0.15, -0.1) is 0 Å². The SMILES string of the molecule is N#COCOc1ccc(C(F)(F)F)cc1. The molecule has 6 heteroatoms. The van der Waals surface area contributed by atoms with Gasteiger partial charge in [0.25, 0.3) is 6.26 Å². The minimum Gasteiger partial charge on any atom is -0.457 e. The average Bonchev–Trinajstić information content (AvgIpc) is 2.18. The fourth-order valence-corrected chi connectivity index (χ4v) is 0.864. The van der Waals surface area contributed by atoms with Gasteiger partial charge in [-0.05, 0) is 24.3 Å². The second kappa shape index (κ2) is 4.55. The zero-order valence-corrected chi connectivity index (χ0v) is 7.41. The van der Waals surface area contributed by atoms with Crippen molar-refractivity contribution in [2.45, 2.75) is 6.18 Å². The van der Waals surface area contributed by atoms with Crippen LogP contribution in [0.1, 0.15) is 5.56 Å². The summed E-state index contributed by atoms with van der Waals surface area (Å²) in [5, 5.41) is 7.99. The van der Waals surface area contributed by atoms with E-state index in [4.69, 9.17) is 10.00 Å². The Kier molecular flexibility index (Phi) is 3.39. The molecule has 0 bridgehead atoms. The van der Waals surface area contributed by atoms with E-state index in [-0.39, 0.29) is 12.5 Å². The molecule has 0 atom stereocenters. The van der Waals surface area contributed by atoms with Crippen molar-refractivity contribution >= 4 is 0 Å². The molecule has 1 rings (SSSR count). The van der Waals surface area contributed by atoms with Crippen LogP contribution in [-0.4, -0.2) is 6.79 Å². The van der Waals surface area contributed by atoms with Gasteiger partial charge in [-0.1, -0.05) is 0 Å². The van der Waals surface area contributed by atoms with Crippen molar-refractivity contribution in [1.82, 2.24) is 0 Å². The molecule has 15 heavy (non-hydrogen) atoms. The molecular formula is C9H6F3NO2. The Morgan fingerprint density at radius 1 is 1.20 bits per heavy atom. The highest BCUT2D eigenvalue weighted by Gasteiger charge is 2.29. The van der Waals surface area contributed by atoms with Crippen LogP contribution in [0.25, 0.3) is 0 Å². The summed E-state index contributed by atoms with van der Waals surface area (Å²) < 4.78 is 45.4. The zero-order valence-electron chi connectivity index (χ0n) is 7.41. The molecule has 0 heterocycles. The number of alkyl halides is 3. The second-order valence-electron chi connectivity index (χ2n) is 2.52. The van der Waals surface area contributed by atoms with Gasteiger partial charge in [-0.2, -0.15) is 18.4 Å². The Hall–Kier alpha value is -1.90. The average molecular weight is 217 g/mol. The molecule has 0 saturated heterocycles. The Bertz CT molecular complexity index is 353. The molecule has 0 radical (unpaired) electrons. The monoisotopic (exact) mass is 217 g/mol. The molecule has 3 nitrogen and oxygen atoms in total. The predicted octanol–water partition coefficient (Wildman–Crippen LogP) is 2.54. The molecule has 0 aromatic heterocycles. The Morgan fingerprint density at radius 2 is 1.80 bits per heavy atom. The van der Waals surface area contributed by atoms with Crippen molar-refractivity contribution < 1.29 is 22.6 Å². The lowest BCUT2D eigenvalue weighted by Crippen LogP contribution is -2.05. The lowest BCUT2D eigenvalue weighted by molar-refractivity contribution is -0.137. The Balaban J connectivity index is 2.61. The Labute approximate surface area is 83.6 Å². The van der Waals surface area contributed by atoms with Crippen molar-refractivity contribution in [2.75, 3.05) is 6.79 Å². The van der Waals surface area contributed by atoms with Gasteiger partial charge in [-0.25, -0.2) is 0 Å². The molecular weight excluding hydrogens is 211 g/mol. The van der Waals surface area contributed by atoms with Crippen molar-refractivity contribution in [2.24, 2.45) is 0 Å². The first-order valence-corrected chi connectivity index (χ1v) is 3.85. The summed E-state index contributed by atoms with van der Waals surface area (Å²) in [5.74, 6) is 0.207. The third-order valence-electron chi connectivity index (χ3n) is 1.53. The summed E-state index contributed by atoms with van der Waals surface area (Å²) in [5.41, 5.74) is -0.754. The van der Waals surface area contributed by atoms with Crippen LogP contribution in [0.5, 0.6) is 5.75 Å². The first kappa shape index (κ1) is 11.2. The van der Waals surface area contributed by atoms with E-state index < -0.39 is 11.7 Å². The van der Waals surface area contributed by atoms with Gasteiger partial charge in [-0.3, -0.25) is 0 Å². The largest absolute Gasteiger partial charge is 0.457 e. The number of ether oxygens (including phenoxy) is 2. The van der Waals surface area contributed by atoms with Gasteiger partial charge in [0, 0.05) is 0 Å². The van der Waals surface area contributed by atoms with Crippen molar-refractivity contribution in [3.8, 4) is 12.0 Å². The highest BCUT2D eigenvalue weighted by Crippen LogP contribution is 2.30. The molecule has 0 unspecified atom stereocenters. The minimum atomic E-state index is -4.36. The van der Waals surface area contributed by atoms with E-state index >= 15 is 0 Å². The maximum absolute atomic E-state index is 12.1. The van der Waals surface area contributed by atoms with E-state index in [0.29, 0.717) is 0 Å². The topological polar surface area (TPSA) is 42.2 Å². The van der Waals surface area contributed by atoms with Crippen molar-refractivity contribution in [3.05, 3.63) is 29.8 Å². The molecule has 0 fully saturated rings. The fourth-order valence-electron chi connectivity index (χ4n) is 0.864. The molecule has 1 aromatic carbocycles. The summed E-state index contributed by atoms with van der Waals surface area (Å²) in [6, 6.07) is 4.09. The zero-order chi connectivity index (χ0) is 11.3. The maximum atomic E-state index is 12.1. The van der Waals surface area contributed by atoms with Crippen molar-refractivity contribution in [1.29, 1.82) is 5.26 Å². The van der Waals surface area contributed by atoms with Crippen LogP contribution >= 0.6 is 0 Å². The van der Waals surface area contributed by atoms with Crippen LogP contribution < -0.4 is 4.74 Å². The van der Waals surface area contributed by atoms with Crippen LogP contribution in [0, 0.1) is 11.5 Å². The van der Waals surface area contributed by atoms with Crippen LogP contribution in [-0.2, 0) is 10.9 Å². The second-order valence-corrected chi connectivity index (χ2v) is 2.52. The fraction of sp³-hybridized carbons (Fsp3) is 0.222. The van der Waals surface area contributed by atoms with Gasteiger partial charge >= 0.3 is 6.18 Å². The molecule has 0 N–H and O–H groups in total. The van der Waals surface area contributed by atoms with E-state index in [2.05, 4.69) is 4.74 Å². The van der Waals surface area contributed by atoms with Gasteiger partial charge in [0.05, 0.1) is 5.56 Å². The van der Waals surface area contributed by atoms with E-state index in [1.807, 2.05) is 0 Å². The number of hydrogen-bond acceptors (Lipinski definition) is 3. The molecule has 0 aliphatic heterocycles. The maximum Gasteiger partial charge on any atom is 0.416 e. The first-order valence-electron chi connectivity index (χ1n) is 3.85. The Morgan fingerprint density at radius 3 is 2.27 bits per heavy atom. The van der Waals surface area contributed by atoms with Gasteiger partial charge in [0.2, 0.25) is 6.79 Å². The van der Waals surface area contributed by atoms with E-state index in [9.17, 15) is 13.2 Å². The number of nitrogens with zero attached hydrogens (tertiary/aromatic N) is 1. The quantitative estimate of drug-likeness (QED) is 0.444. The lowest BCUT2D eigenvalue weighted by Gasteiger charge is -2.07. The summed E-state index contributed by atoms with van der Waals surface area (Å²) in [4.78, 5) is 0. The minimum absolute atomic E-state index is 0.207. The highest BCUT2D eigenvalue weighted by atomic mass is 19.4. The molecule has 1 aromatic rings. The van der Waals surface area contributed by atoms with E-state index in [1.54, 1.807) is 0 Å². The van der Waals surface area contributed by atoms with Gasteiger partial charge < -0.3 is 9.47 Å². The van der Waals surface area contributed by atoms with Crippen LogP contribution in [0.3, 0.4) is 0 Å². The summed E-state index contributed by atoms with van der Waals surface area (Å²) >= 11 is 0. The van der Waals surface area contributed by atoms with Gasteiger partial charge in [0.15, 0.2) is 0 Å². The van der Waals surface area contributed by atoms with Crippen LogP contribution in [0.15, 0.2) is 24.3 Å². The van der Waals surface area contributed by atoms with Crippen LogP contribution in [0.2, 0.25) is 0 Å². The van der Waals surface area contributed by atoms with E-state index in [1.165, 1.54) is 6.26 Å². The summed E-state index contributed by atoms with van der Waals surface area (Å²) in [7, 11) is 0. The summed E-state index contributed by atoms with van der Waals surface area (Å²) in [6.45, 7) is -0.318. The van der Waals surface area contributed by atoms with Crippen molar-refractivity contribution in [3.63, 3.8) is 0 Å². The van der Waals surface area contributed by atoms with Crippen LogP contribution in [0.4, 0.5) is 13.2 Å². The van der Waals surface area contributed by atoms with Gasteiger partial charge in [0.1, 0.15) is 5.75 Å². The normalized spacial score (nSPS) is 10.5. The number of rotatable bonds is 3. The third-order valence-corrected chi connectivity index (χ3v) is 1.53. The third kappa shape index (κ3) is 3.38. The predicted molar refractivity (Wildman–Crippen MR) is 43.6 cm³/mol. The molecule has 0 spiro atoms. The molecule has 0 aliphatic rings.